The van der Waals surface area contributed by atoms with Crippen LogP contribution in [0.2, 0.25) is 0 Å². The SMILES string of the molecule is CNCCC(=O)NC(C)c1cccc(-n2cccn2)c1.Cl. The van der Waals surface area contributed by atoms with Gasteiger partial charge in [-0.05, 0) is 37.7 Å². The number of carbonyl (C=O) groups excluding carboxylic acids is 1. The van der Waals surface area contributed by atoms with Crippen LogP contribution in [0.3, 0.4) is 0 Å². The number of halogens is 1. The zero-order valence-electron chi connectivity index (χ0n) is 12.2. The Bertz CT molecular complexity index is 557. The maximum Gasteiger partial charge on any atom is 0.221 e. The van der Waals surface area contributed by atoms with Crippen molar-refractivity contribution in [2.75, 3.05) is 13.6 Å². The lowest BCUT2D eigenvalue weighted by Crippen LogP contribution is -2.29. The molecule has 0 saturated heterocycles. The molecule has 2 rings (SSSR count). The first-order valence-corrected chi connectivity index (χ1v) is 6.74. The van der Waals surface area contributed by atoms with E-state index in [0.717, 1.165) is 11.3 Å². The third-order valence-electron chi connectivity index (χ3n) is 3.12. The average Bonchev–Trinajstić information content (AvgIpc) is 2.99. The predicted molar refractivity (Wildman–Crippen MR) is 85.9 cm³/mol. The summed E-state index contributed by atoms with van der Waals surface area (Å²) < 4.78 is 1.80. The van der Waals surface area contributed by atoms with Crippen LogP contribution in [0.15, 0.2) is 42.7 Å². The summed E-state index contributed by atoms with van der Waals surface area (Å²) >= 11 is 0. The zero-order valence-corrected chi connectivity index (χ0v) is 13.1. The Morgan fingerprint density at radius 3 is 2.86 bits per heavy atom. The molecule has 2 aromatic rings. The second-order valence-electron chi connectivity index (χ2n) is 4.69. The quantitative estimate of drug-likeness (QED) is 0.859. The van der Waals surface area contributed by atoms with Gasteiger partial charge in [-0.15, -0.1) is 12.4 Å². The number of rotatable bonds is 6. The van der Waals surface area contributed by atoms with Crippen LogP contribution in [0, 0.1) is 0 Å². The fraction of sp³-hybridized carbons (Fsp3) is 0.333. The van der Waals surface area contributed by atoms with Crippen molar-refractivity contribution in [2.24, 2.45) is 0 Å². The van der Waals surface area contributed by atoms with Crippen molar-refractivity contribution in [3.8, 4) is 5.69 Å². The maximum absolute atomic E-state index is 11.7. The number of carbonyl (C=O) groups is 1. The number of aromatic nitrogens is 2. The van der Waals surface area contributed by atoms with Gasteiger partial charge in [-0.25, -0.2) is 4.68 Å². The topological polar surface area (TPSA) is 59.0 Å². The van der Waals surface area contributed by atoms with Crippen molar-refractivity contribution in [3.05, 3.63) is 48.3 Å². The summed E-state index contributed by atoms with van der Waals surface area (Å²) in [6, 6.07) is 9.88. The molecule has 0 saturated carbocycles. The van der Waals surface area contributed by atoms with Gasteiger partial charge in [-0.3, -0.25) is 4.79 Å². The van der Waals surface area contributed by atoms with E-state index in [1.807, 2.05) is 50.5 Å². The average molecular weight is 309 g/mol. The molecular weight excluding hydrogens is 288 g/mol. The number of hydrogen-bond donors (Lipinski definition) is 2. The molecule has 0 spiro atoms. The van der Waals surface area contributed by atoms with Crippen LogP contribution in [0.1, 0.15) is 24.9 Å². The van der Waals surface area contributed by atoms with Crippen molar-refractivity contribution >= 4 is 18.3 Å². The molecule has 5 nitrogen and oxygen atoms in total. The van der Waals surface area contributed by atoms with Crippen LogP contribution >= 0.6 is 12.4 Å². The second kappa shape index (κ2) is 8.44. The Balaban J connectivity index is 0.00000220. The number of amides is 1. The highest BCUT2D eigenvalue weighted by Gasteiger charge is 2.10. The molecule has 1 atom stereocenters. The van der Waals surface area contributed by atoms with E-state index in [9.17, 15) is 4.79 Å². The highest BCUT2D eigenvalue weighted by molar-refractivity contribution is 5.85. The standard InChI is InChI=1S/C15H20N4O.ClH/c1-12(18-15(20)7-9-16-2)13-5-3-6-14(11-13)19-10-4-8-17-19;/h3-6,8,10-12,16H,7,9H2,1-2H3,(H,18,20);1H. The lowest BCUT2D eigenvalue weighted by Gasteiger charge is -2.15. The van der Waals surface area contributed by atoms with Gasteiger partial charge in [-0.2, -0.15) is 5.10 Å². The molecule has 0 aliphatic carbocycles. The van der Waals surface area contributed by atoms with Crippen LogP contribution < -0.4 is 10.6 Å². The van der Waals surface area contributed by atoms with Crippen molar-refractivity contribution in [1.82, 2.24) is 20.4 Å². The summed E-state index contributed by atoms with van der Waals surface area (Å²) in [7, 11) is 1.84. The minimum Gasteiger partial charge on any atom is -0.350 e. The molecule has 0 fully saturated rings. The molecule has 1 aromatic heterocycles. The van der Waals surface area contributed by atoms with E-state index in [0.29, 0.717) is 13.0 Å². The van der Waals surface area contributed by atoms with E-state index < -0.39 is 0 Å². The van der Waals surface area contributed by atoms with Crippen LogP contribution in [-0.4, -0.2) is 29.3 Å². The summed E-state index contributed by atoms with van der Waals surface area (Å²) in [6.07, 6.45) is 4.13. The summed E-state index contributed by atoms with van der Waals surface area (Å²) in [5.41, 5.74) is 2.06. The van der Waals surface area contributed by atoms with Crippen LogP contribution in [0.4, 0.5) is 0 Å². The molecule has 1 unspecified atom stereocenters. The minimum atomic E-state index is -0.0186. The monoisotopic (exact) mass is 308 g/mol. The van der Waals surface area contributed by atoms with Crippen molar-refractivity contribution < 1.29 is 4.79 Å². The molecule has 0 aliphatic rings. The molecule has 1 aromatic carbocycles. The van der Waals surface area contributed by atoms with E-state index in [4.69, 9.17) is 0 Å². The van der Waals surface area contributed by atoms with Crippen LogP contribution in [0.5, 0.6) is 0 Å². The molecular formula is C15H21ClN4O. The summed E-state index contributed by atoms with van der Waals surface area (Å²) in [6.45, 7) is 2.67. The first-order valence-electron chi connectivity index (χ1n) is 6.74. The van der Waals surface area contributed by atoms with E-state index in [1.165, 1.54) is 0 Å². The lowest BCUT2D eigenvalue weighted by atomic mass is 10.1. The molecule has 21 heavy (non-hydrogen) atoms. The van der Waals surface area contributed by atoms with Crippen LogP contribution in [0.25, 0.3) is 5.69 Å². The van der Waals surface area contributed by atoms with Crippen molar-refractivity contribution in [2.45, 2.75) is 19.4 Å². The smallest absolute Gasteiger partial charge is 0.221 e. The molecule has 6 heteroatoms. The maximum atomic E-state index is 11.7. The Kier molecular flexibility index (Phi) is 6.91. The fourth-order valence-electron chi connectivity index (χ4n) is 1.99. The van der Waals surface area contributed by atoms with Gasteiger partial charge in [0.1, 0.15) is 0 Å². The molecule has 0 radical (unpaired) electrons. The number of benzene rings is 1. The fourth-order valence-corrected chi connectivity index (χ4v) is 1.99. The number of hydrogen-bond acceptors (Lipinski definition) is 3. The Morgan fingerprint density at radius 2 is 2.19 bits per heavy atom. The summed E-state index contributed by atoms with van der Waals surface area (Å²) in [4.78, 5) is 11.7. The van der Waals surface area contributed by atoms with Gasteiger partial charge < -0.3 is 10.6 Å². The first kappa shape index (κ1) is 17.2. The normalized spacial score (nSPS) is 11.5. The zero-order chi connectivity index (χ0) is 14.4. The minimum absolute atomic E-state index is 0. The van der Waals surface area contributed by atoms with Crippen molar-refractivity contribution in [3.63, 3.8) is 0 Å². The molecule has 1 amide bonds. The number of nitrogens with zero attached hydrogens (tertiary/aromatic N) is 2. The molecule has 0 aliphatic heterocycles. The van der Waals surface area contributed by atoms with Crippen LogP contribution in [-0.2, 0) is 4.79 Å². The van der Waals surface area contributed by atoms with Gasteiger partial charge in [-0.1, -0.05) is 12.1 Å². The highest BCUT2D eigenvalue weighted by Crippen LogP contribution is 2.16. The lowest BCUT2D eigenvalue weighted by molar-refractivity contribution is -0.121. The molecule has 0 bridgehead atoms. The molecule has 2 N–H and O–H groups in total. The third-order valence-corrected chi connectivity index (χ3v) is 3.12. The van der Waals surface area contributed by atoms with Gasteiger partial charge in [0.2, 0.25) is 5.91 Å². The molecule has 1 heterocycles. The predicted octanol–water partition coefficient (Wildman–Crippen LogP) is 2.08. The van der Waals surface area contributed by atoms with Gasteiger partial charge in [0, 0.05) is 25.4 Å². The summed E-state index contributed by atoms with van der Waals surface area (Å²) in [5, 5.41) is 10.2. The van der Waals surface area contributed by atoms with E-state index >= 15 is 0 Å². The Hall–Kier alpha value is -1.85. The highest BCUT2D eigenvalue weighted by atomic mass is 35.5. The van der Waals surface area contributed by atoms with Gasteiger partial charge in [0.05, 0.1) is 11.7 Å². The van der Waals surface area contributed by atoms with E-state index in [-0.39, 0.29) is 24.4 Å². The van der Waals surface area contributed by atoms with Gasteiger partial charge >= 0.3 is 0 Å². The third kappa shape index (κ3) is 4.88. The first-order chi connectivity index (χ1) is 9.70. The largest absolute Gasteiger partial charge is 0.350 e. The Labute approximate surface area is 131 Å². The number of nitrogens with one attached hydrogen (secondary N) is 2. The van der Waals surface area contributed by atoms with E-state index in [1.54, 1.807) is 10.9 Å². The van der Waals surface area contributed by atoms with Crippen molar-refractivity contribution in [1.29, 1.82) is 0 Å². The molecule has 114 valence electrons. The second-order valence-corrected chi connectivity index (χ2v) is 4.69. The van der Waals surface area contributed by atoms with Gasteiger partial charge in [0.15, 0.2) is 0 Å². The van der Waals surface area contributed by atoms with E-state index in [2.05, 4.69) is 15.7 Å². The summed E-state index contributed by atoms with van der Waals surface area (Å²) in [5.74, 6) is 0.0522. The van der Waals surface area contributed by atoms with Gasteiger partial charge in [0.25, 0.3) is 0 Å². The Morgan fingerprint density at radius 1 is 1.38 bits per heavy atom.